The third-order valence-electron chi connectivity index (χ3n) is 4.65. The number of likely N-dealkylation sites (N-methyl/N-ethyl adjacent to an activating group) is 2. The molecule has 3 amide bonds. The van der Waals surface area contributed by atoms with Crippen LogP contribution in [0.1, 0.15) is 33.6 Å². The second kappa shape index (κ2) is 14.7. The molecule has 1 aromatic rings. The molecule has 1 aromatic carbocycles. The first-order valence-electron chi connectivity index (χ1n) is 10.4. The van der Waals surface area contributed by atoms with Crippen molar-refractivity contribution in [1.29, 1.82) is 0 Å². The minimum Gasteiger partial charge on any atom is -0.483 e. The van der Waals surface area contributed by atoms with Gasteiger partial charge in [0.05, 0.1) is 30.9 Å². The lowest BCUT2D eigenvalue weighted by atomic mass is 10.0. The van der Waals surface area contributed by atoms with Crippen molar-refractivity contribution in [2.75, 3.05) is 54.1 Å². The van der Waals surface area contributed by atoms with Crippen LogP contribution in [0.4, 0.5) is 0 Å². The molecule has 0 heterocycles. The molecular weight excluding hydrogens is 434 g/mol. The van der Waals surface area contributed by atoms with E-state index in [4.69, 9.17) is 14.6 Å². The molecule has 0 aliphatic heterocycles. The highest BCUT2D eigenvalue weighted by Gasteiger charge is 2.30. The first-order chi connectivity index (χ1) is 15.8. The summed E-state index contributed by atoms with van der Waals surface area (Å²) in [6, 6.07) is 3.48. The molecule has 33 heavy (non-hydrogen) atoms. The van der Waals surface area contributed by atoms with Crippen LogP contribution in [-0.2, 0) is 19.1 Å². The van der Waals surface area contributed by atoms with Crippen molar-refractivity contribution in [2.24, 2.45) is 0 Å². The van der Waals surface area contributed by atoms with E-state index in [1.165, 1.54) is 35.0 Å². The van der Waals surface area contributed by atoms with E-state index in [-0.39, 0.29) is 62.0 Å². The van der Waals surface area contributed by atoms with Crippen LogP contribution >= 0.6 is 0 Å². The van der Waals surface area contributed by atoms with Crippen molar-refractivity contribution < 1.29 is 38.6 Å². The van der Waals surface area contributed by atoms with E-state index in [2.05, 4.69) is 5.32 Å². The van der Waals surface area contributed by atoms with E-state index in [9.17, 15) is 24.0 Å². The number of nitrogens with one attached hydrogen (secondary N) is 1. The smallest absolute Gasteiger partial charge is 0.258 e. The maximum absolute atomic E-state index is 13.1. The Morgan fingerprint density at radius 3 is 2.48 bits per heavy atom. The molecule has 0 fully saturated rings. The SMILES string of the molecule is CN(C)C(=O)C(CCC=O)N(C)C(=O)c1cccc(OCC(=O)NCCOCCO)c1C=O. The normalized spacial score (nSPS) is 11.3. The molecule has 182 valence electrons. The summed E-state index contributed by atoms with van der Waals surface area (Å²) in [5.41, 5.74) is -0.0506. The van der Waals surface area contributed by atoms with Crippen molar-refractivity contribution in [2.45, 2.75) is 18.9 Å². The van der Waals surface area contributed by atoms with E-state index < -0.39 is 24.5 Å². The standard InChI is InChI=1S/C22H31N3O8/c1-24(2)22(31)18(7-5-10-26)25(3)21(30)16-6-4-8-19(17(16)14-28)33-15-20(29)23-9-12-32-13-11-27/h4,6,8,10,14,18,27H,5,7,9,11-13,15H2,1-3H3,(H,23,29). The predicted molar refractivity (Wildman–Crippen MR) is 118 cm³/mol. The number of nitrogens with zero attached hydrogens (tertiary/aromatic N) is 2. The van der Waals surface area contributed by atoms with Crippen LogP contribution in [0.5, 0.6) is 5.75 Å². The Morgan fingerprint density at radius 1 is 1.15 bits per heavy atom. The molecule has 0 radical (unpaired) electrons. The number of aldehydes is 2. The summed E-state index contributed by atoms with van der Waals surface area (Å²) in [6.07, 6.45) is 1.35. The fourth-order valence-corrected chi connectivity index (χ4v) is 2.94. The Kier molecular flexibility index (Phi) is 12.3. The molecule has 1 rings (SSSR count). The Bertz CT molecular complexity index is 828. The number of benzene rings is 1. The van der Waals surface area contributed by atoms with Gasteiger partial charge in [-0.2, -0.15) is 0 Å². The lowest BCUT2D eigenvalue weighted by Gasteiger charge is -2.29. The Hall–Kier alpha value is -3.31. The van der Waals surface area contributed by atoms with Crippen LogP contribution < -0.4 is 10.1 Å². The van der Waals surface area contributed by atoms with E-state index in [1.54, 1.807) is 14.1 Å². The molecule has 0 saturated heterocycles. The van der Waals surface area contributed by atoms with Gasteiger partial charge in [0.2, 0.25) is 5.91 Å². The number of aliphatic hydroxyl groups is 1. The van der Waals surface area contributed by atoms with Crippen LogP contribution in [0.3, 0.4) is 0 Å². The third-order valence-corrected chi connectivity index (χ3v) is 4.65. The van der Waals surface area contributed by atoms with Crippen molar-refractivity contribution in [3.63, 3.8) is 0 Å². The summed E-state index contributed by atoms with van der Waals surface area (Å²) in [4.78, 5) is 62.7. The molecule has 1 atom stereocenters. The van der Waals surface area contributed by atoms with Crippen LogP contribution in [0.25, 0.3) is 0 Å². The fourth-order valence-electron chi connectivity index (χ4n) is 2.94. The van der Waals surface area contributed by atoms with Gasteiger partial charge in [0.15, 0.2) is 12.9 Å². The fraction of sp³-hybridized carbons (Fsp3) is 0.500. The largest absolute Gasteiger partial charge is 0.483 e. The molecule has 2 N–H and O–H groups in total. The lowest BCUT2D eigenvalue weighted by molar-refractivity contribution is -0.133. The lowest BCUT2D eigenvalue weighted by Crippen LogP contribution is -2.47. The molecule has 0 aliphatic carbocycles. The zero-order valence-corrected chi connectivity index (χ0v) is 19.1. The molecule has 0 bridgehead atoms. The number of aliphatic hydroxyl groups excluding tert-OH is 1. The van der Waals surface area contributed by atoms with Gasteiger partial charge in [-0.25, -0.2) is 0 Å². The molecule has 11 nitrogen and oxygen atoms in total. The van der Waals surface area contributed by atoms with Gasteiger partial charge in [-0.15, -0.1) is 0 Å². The van der Waals surface area contributed by atoms with Gasteiger partial charge in [0.1, 0.15) is 18.1 Å². The summed E-state index contributed by atoms with van der Waals surface area (Å²) in [5.74, 6) is -1.37. The second-order valence-electron chi connectivity index (χ2n) is 7.22. The molecule has 0 aliphatic rings. The number of hydrogen-bond donors (Lipinski definition) is 2. The number of ether oxygens (including phenoxy) is 2. The minimum atomic E-state index is -0.888. The van der Waals surface area contributed by atoms with Crippen molar-refractivity contribution in [3.8, 4) is 5.75 Å². The maximum Gasteiger partial charge on any atom is 0.258 e. The third kappa shape index (κ3) is 8.62. The van der Waals surface area contributed by atoms with Gasteiger partial charge >= 0.3 is 0 Å². The Balaban J connectivity index is 2.94. The van der Waals surface area contributed by atoms with Gasteiger partial charge in [-0.05, 0) is 18.6 Å². The quantitative estimate of drug-likeness (QED) is 0.261. The molecule has 0 spiro atoms. The van der Waals surface area contributed by atoms with Crippen LogP contribution in [0.2, 0.25) is 0 Å². The van der Waals surface area contributed by atoms with E-state index in [0.717, 1.165) is 0 Å². The molecule has 11 heteroatoms. The topological polar surface area (TPSA) is 143 Å². The van der Waals surface area contributed by atoms with Gasteiger partial charge in [0.25, 0.3) is 11.8 Å². The van der Waals surface area contributed by atoms with Crippen LogP contribution in [-0.4, -0.2) is 105 Å². The van der Waals surface area contributed by atoms with Gasteiger partial charge in [-0.1, -0.05) is 6.07 Å². The summed E-state index contributed by atoms with van der Waals surface area (Å²) >= 11 is 0. The first-order valence-corrected chi connectivity index (χ1v) is 10.4. The highest BCUT2D eigenvalue weighted by atomic mass is 16.5. The zero-order chi connectivity index (χ0) is 24.8. The monoisotopic (exact) mass is 465 g/mol. The Morgan fingerprint density at radius 2 is 1.88 bits per heavy atom. The Labute approximate surface area is 192 Å². The maximum atomic E-state index is 13.1. The second-order valence-corrected chi connectivity index (χ2v) is 7.22. The number of rotatable bonds is 15. The average molecular weight is 466 g/mol. The van der Waals surface area contributed by atoms with Crippen LogP contribution in [0, 0.1) is 0 Å². The number of hydrogen-bond acceptors (Lipinski definition) is 8. The number of amides is 3. The first kappa shape index (κ1) is 27.7. The van der Waals surface area contributed by atoms with Gasteiger partial charge < -0.3 is 34.5 Å². The van der Waals surface area contributed by atoms with Crippen LogP contribution in [0.15, 0.2) is 18.2 Å². The molecule has 0 aromatic heterocycles. The van der Waals surface area contributed by atoms with E-state index in [1.807, 2.05) is 0 Å². The molecule has 1 unspecified atom stereocenters. The number of carbonyl (C=O) groups is 5. The average Bonchev–Trinajstić information content (AvgIpc) is 2.81. The van der Waals surface area contributed by atoms with Crippen molar-refractivity contribution in [1.82, 2.24) is 15.1 Å². The van der Waals surface area contributed by atoms with Crippen molar-refractivity contribution >= 4 is 30.3 Å². The molecule has 0 saturated carbocycles. The summed E-state index contributed by atoms with van der Waals surface area (Å²) in [6.45, 7) is 0.0973. The summed E-state index contributed by atoms with van der Waals surface area (Å²) in [7, 11) is 4.51. The molecular formula is C22H31N3O8. The van der Waals surface area contributed by atoms with Gasteiger partial charge in [0, 0.05) is 34.1 Å². The zero-order valence-electron chi connectivity index (χ0n) is 19.1. The number of carbonyl (C=O) groups excluding carboxylic acids is 5. The summed E-state index contributed by atoms with van der Waals surface area (Å²) in [5, 5.41) is 11.2. The summed E-state index contributed by atoms with van der Waals surface area (Å²) < 4.78 is 10.5. The highest BCUT2D eigenvalue weighted by Crippen LogP contribution is 2.23. The minimum absolute atomic E-state index is 0.00507. The van der Waals surface area contributed by atoms with Gasteiger partial charge in [-0.3, -0.25) is 19.2 Å². The van der Waals surface area contributed by atoms with Crippen molar-refractivity contribution in [3.05, 3.63) is 29.3 Å². The van der Waals surface area contributed by atoms with E-state index in [0.29, 0.717) is 12.6 Å². The van der Waals surface area contributed by atoms with E-state index >= 15 is 0 Å². The highest BCUT2D eigenvalue weighted by molar-refractivity contribution is 6.04. The predicted octanol–water partition coefficient (Wildman–Crippen LogP) is -0.489.